The molecular formula is C9H11NOS. The molecule has 0 unspecified atom stereocenters. The Labute approximate surface area is 76.4 Å². The van der Waals surface area contributed by atoms with E-state index in [0.29, 0.717) is 5.75 Å². The zero-order chi connectivity index (χ0) is 8.81. The van der Waals surface area contributed by atoms with Gasteiger partial charge in [-0.05, 0) is 12.1 Å². The van der Waals surface area contributed by atoms with Crippen LogP contribution in [0.2, 0.25) is 0 Å². The summed E-state index contributed by atoms with van der Waals surface area (Å²) in [6.45, 7) is 0. The Bertz CT molecular complexity index is 248. The van der Waals surface area contributed by atoms with Crippen LogP contribution in [0.3, 0.4) is 0 Å². The minimum atomic E-state index is 0.0591. The maximum Gasteiger partial charge on any atom is 0.230 e. The summed E-state index contributed by atoms with van der Waals surface area (Å²) in [5.41, 5.74) is 0. The minimum Gasteiger partial charge on any atom is -0.358 e. The first-order chi connectivity index (χ1) is 5.83. The van der Waals surface area contributed by atoms with Crippen LogP contribution in [0, 0.1) is 0 Å². The minimum absolute atomic E-state index is 0.0591. The van der Waals surface area contributed by atoms with E-state index in [2.05, 4.69) is 5.32 Å². The summed E-state index contributed by atoms with van der Waals surface area (Å²) >= 11 is 1.54. The van der Waals surface area contributed by atoms with Crippen molar-refractivity contribution in [3.63, 3.8) is 0 Å². The second kappa shape index (κ2) is 4.83. The van der Waals surface area contributed by atoms with Gasteiger partial charge in [-0.3, -0.25) is 4.79 Å². The molecule has 0 heterocycles. The van der Waals surface area contributed by atoms with E-state index in [-0.39, 0.29) is 5.91 Å². The third-order valence-electron chi connectivity index (χ3n) is 1.39. The Morgan fingerprint density at radius 2 is 2.08 bits per heavy atom. The van der Waals surface area contributed by atoms with Crippen LogP contribution in [0.15, 0.2) is 35.2 Å². The second-order valence-electron chi connectivity index (χ2n) is 2.27. The van der Waals surface area contributed by atoms with Crippen LogP contribution in [0.25, 0.3) is 0 Å². The van der Waals surface area contributed by atoms with Gasteiger partial charge < -0.3 is 5.32 Å². The average Bonchev–Trinajstić information content (AvgIpc) is 2.16. The number of hydrogen-bond acceptors (Lipinski definition) is 2. The van der Waals surface area contributed by atoms with Crippen molar-refractivity contribution < 1.29 is 4.79 Å². The number of thioether (sulfide) groups is 1. The summed E-state index contributed by atoms with van der Waals surface area (Å²) in [5.74, 6) is 0.546. The van der Waals surface area contributed by atoms with E-state index in [1.165, 1.54) is 0 Å². The molecule has 0 aromatic heterocycles. The summed E-state index contributed by atoms with van der Waals surface area (Å²) in [7, 11) is 1.65. The monoisotopic (exact) mass is 181 g/mol. The predicted molar refractivity (Wildman–Crippen MR) is 51.2 cm³/mol. The molecule has 64 valence electrons. The molecule has 3 heteroatoms. The van der Waals surface area contributed by atoms with Gasteiger partial charge in [-0.25, -0.2) is 0 Å². The molecule has 0 saturated heterocycles. The van der Waals surface area contributed by atoms with Gasteiger partial charge in [0, 0.05) is 11.9 Å². The summed E-state index contributed by atoms with van der Waals surface area (Å²) in [4.78, 5) is 12.0. The van der Waals surface area contributed by atoms with Crippen LogP contribution in [0.4, 0.5) is 0 Å². The molecular weight excluding hydrogens is 170 g/mol. The van der Waals surface area contributed by atoms with Crippen molar-refractivity contribution in [2.75, 3.05) is 12.8 Å². The molecule has 1 aromatic carbocycles. The predicted octanol–water partition coefficient (Wildman–Crippen LogP) is 1.52. The normalized spacial score (nSPS) is 9.42. The van der Waals surface area contributed by atoms with Gasteiger partial charge in [0.05, 0.1) is 5.75 Å². The van der Waals surface area contributed by atoms with Crippen molar-refractivity contribution in [2.24, 2.45) is 0 Å². The Balaban J connectivity index is 2.38. The fourth-order valence-electron chi connectivity index (χ4n) is 0.738. The maximum absolute atomic E-state index is 10.9. The molecule has 0 fully saturated rings. The smallest absolute Gasteiger partial charge is 0.230 e. The van der Waals surface area contributed by atoms with Crippen LogP contribution in [0.1, 0.15) is 0 Å². The molecule has 2 nitrogen and oxygen atoms in total. The van der Waals surface area contributed by atoms with Gasteiger partial charge in [0.1, 0.15) is 0 Å². The van der Waals surface area contributed by atoms with Crippen LogP contribution in [0.5, 0.6) is 0 Å². The average molecular weight is 181 g/mol. The molecule has 1 rings (SSSR count). The van der Waals surface area contributed by atoms with Crippen LogP contribution >= 0.6 is 11.8 Å². The number of rotatable bonds is 3. The van der Waals surface area contributed by atoms with E-state index in [1.807, 2.05) is 30.3 Å². The first-order valence-corrected chi connectivity index (χ1v) is 4.70. The molecule has 0 bridgehead atoms. The zero-order valence-corrected chi connectivity index (χ0v) is 7.73. The van der Waals surface area contributed by atoms with Crippen molar-refractivity contribution in [1.82, 2.24) is 5.32 Å². The van der Waals surface area contributed by atoms with E-state index in [1.54, 1.807) is 18.8 Å². The molecule has 0 aliphatic rings. The Morgan fingerprint density at radius 1 is 1.42 bits per heavy atom. The standard InChI is InChI=1S/C9H11NOS/c1-10-9(11)7-12-8-5-3-2-4-6-8/h2-6H,7H2,1H3,(H,10,11). The lowest BCUT2D eigenvalue weighted by Gasteiger charge is -1.99. The molecule has 1 aromatic rings. The quantitative estimate of drug-likeness (QED) is 0.716. The molecule has 0 spiro atoms. The van der Waals surface area contributed by atoms with Crippen molar-refractivity contribution >= 4 is 17.7 Å². The number of amides is 1. The third-order valence-corrected chi connectivity index (χ3v) is 2.40. The van der Waals surface area contributed by atoms with E-state index in [0.717, 1.165) is 4.90 Å². The van der Waals surface area contributed by atoms with Gasteiger partial charge in [0.15, 0.2) is 0 Å². The van der Waals surface area contributed by atoms with Crippen LogP contribution in [-0.2, 0) is 4.79 Å². The van der Waals surface area contributed by atoms with Crippen molar-refractivity contribution in [2.45, 2.75) is 4.90 Å². The first-order valence-electron chi connectivity index (χ1n) is 3.71. The van der Waals surface area contributed by atoms with Crippen LogP contribution < -0.4 is 5.32 Å². The zero-order valence-electron chi connectivity index (χ0n) is 6.91. The van der Waals surface area contributed by atoms with Crippen molar-refractivity contribution in [3.8, 4) is 0 Å². The third kappa shape index (κ3) is 2.96. The summed E-state index contributed by atoms with van der Waals surface area (Å²) in [6.07, 6.45) is 0. The largest absolute Gasteiger partial charge is 0.358 e. The second-order valence-corrected chi connectivity index (χ2v) is 3.32. The molecule has 0 radical (unpaired) electrons. The van der Waals surface area contributed by atoms with Gasteiger partial charge >= 0.3 is 0 Å². The van der Waals surface area contributed by atoms with Crippen molar-refractivity contribution in [1.29, 1.82) is 0 Å². The highest BCUT2D eigenvalue weighted by atomic mass is 32.2. The SMILES string of the molecule is CNC(=O)CSc1ccccc1. The van der Waals surface area contributed by atoms with Gasteiger partial charge in [-0.2, -0.15) is 0 Å². The highest BCUT2D eigenvalue weighted by Gasteiger charge is 1.97. The Morgan fingerprint density at radius 3 is 2.67 bits per heavy atom. The first kappa shape index (κ1) is 9.13. The molecule has 0 aliphatic carbocycles. The fourth-order valence-corrected chi connectivity index (χ4v) is 1.53. The fraction of sp³-hybridized carbons (Fsp3) is 0.222. The van der Waals surface area contributed by atoms with E-state index in [4.69, 9.17) is 0 Å². The highest BCUT2D eigenvalue weighted by Crippen LogP contribution is 2.15. The maximum atomic E-state index is 10.9. The van der Waals surface area contributed by atoms with Gasteiger partial charge in [0.2, 0.25) is 5.91 Å². The summed E-state index contributed by atoms with van der Waals surface area (Å²) in [6, 6.07) is 9.88. The number of carbonyl (C=O) groups excluding carboxylic acids is 1. The topological polar surface area (TPSA) is 29.1 Å². The highest BCUT2D eigenvalue weighted by molar-refractivity contribution is 8.00. The van der Waals surface area contributed by atoms with Gasteiger partial charge in [-0.1, -0.05) is 18.2 Å². The van der Waals surface area contributed by atoms with E-state index in [9.17, 15) is 4.79 Å². The lowest BCUT2D eigenvalue weighted by Crippen LogP contribution is -2.19. The summed E-state index contributed by atoms with van der Waals surface area (Å²) in [5, 5.41) is 2.58. The lowest BCUT2D eigenvalue weighted by atomic mass is 10.4. The number of benzene rings is 1. The molecule has 1 N–H and O–H groups in total. The number of hydrogen-bond donors (Lipinski definition) is 1. The van der Waals surface area contributed by atoms with E-state index < -0.39 is 0 Å². The molecule has 1 amide bonds. The molecule has 12 heavy (non-hydrogen) atoms. The molecule has 0 aliphatic heterocycles. The van der Waals surface area contributed by atoms with Gasteiger partial charge in [-0.15, -0.1) is 11.8 Å². The van der Waals surface area contributed by atoms with Crippen LogP contribution in [-0.4, -0.2) is 18.7 Å². The van der Waals surface area contributed by atoms with Gasteiger partial charge in [0.25, 0.3) is 0 Å². The molecule has 0 saturated carbocycles. The number of nitrogens with one attached hydrogen (secondary N) is 1. The lowest BCUT2D eigenvalue weighted by molar-refractivity contribution is -0.118. The van der Waals surface area contributed by atoms with E-state index >= 15 is 0 Å². The molecule has 0 atom stereocenters. The number of carbonyl (C=O) groups is 1. The Hall–Kier alpha value is -0.960. The van der Waals surface area contributed by atoms with Crippen molar-refractivity contribution in [3.05, 3.63) is 30.3 Å². The Kier molecular flexibility index (Phi) is 3.67. The summed E-state index contributed by atoms with van der Waals surface area (Å²) < 4.78 is 0.